The molecule has 0 aliphatic carbocycles. The predicted molar refractivity (Wildman–Crippen MR) is 42.9 cm³/mol. The van der Waals surface area contributed by atoms with E-state index in [0.717, 1.165) is 11.2 Å². The molecule has 0 unspecified atom stereocenters. The predicted octanol–water partition coefficient (Wildman–Crippen LogP) is 1.22. The third kappa shape index (κ3) is 0.921. The third-order valence-corrected chi connectivity index (χ3v) is 3.05. The van der Waals surface area contributed by atoms with Gasteiger partial charge in [-0.1, -0.05) is 6.07 Å². The van der Waals surface area contributed by atoms with Crippen LogP contribution in [0.15, 0.2) is 17.5 Å². The van der Waals surface area contributed by atoms with Crippen molar-refractivity contribution in [2.45, 2.75) is 5.41 Å². The van der Waals surface area contributed by atoms with Gasteiger partial charge in [-0.15, -0.1) is 11.3 Å². The molecule has 1 saturated heterocycles. The molecule has 1 aromatic heterocycles. The first-order valence-corrected chi connectivity index (χ1v) is 4.33. The van der Waals surface area contributed by atoms with Gasteiger partial charge in [0, 0.05) is 4.88 Å². The topological polar surface area (TPSA) is 26.3 Å². The lowest BCUT2D eigenvalue weighted by Crippen LogP contribution is -2.47. The van der Waals surface area contributed by atoms with Crippen molar-refractivity contribution in [2.75, 3.05) is 13.2 Å². The van der Waals surface area contributed by atoms with Gasteiger partial charge in [-0.3, -0.25) is 0 Å². The molecule has 0 radical (unpaired) electrons. The zero-order chi connectivity index (χ0) is 7.73. The number of hydrogen-bond donors (Lipinski definition) is 0. The van der Waals surface area contributed by atoms with Gasteiger partial charge in [0.15, 0.2) is 0 Å². The molecule has 1 aromatic rings. The van der Waals surface area contributed by atoms with Gasteiger partial charge in [0.25, 0.3) is 0 Å². The number of ether oxygens (including phenoxy) is 1. The van der Waals surface area contributed by atoms with Crippen molar-refractivity contribution in [1.29, 1.82) is 0 Å². The van der Waals surface area contributed by atoms with Crippen LogP contribution in [0.4, 0.5) is 0 Å². The van der Waals surface area contributed by atoms with Gasteiger partial charge in [0.1, 0.15) is 11.7 Å². The minimum atomic E-state index is -0.297. The van der Waals surface area contributed by atoms with Crippen LogP contribution < -0.4 is 0 Å². The van der Waals surface area contributed by atoms with Crippen molar-refractivity contribution in [1.82, 2.24) is 0 Å². The lowest BCUT2D eigenvalue weighted by atomic mass is 9.86. The van der Waals surface area contributed by atoms with Gasteiger partial charge < -0.3 is 9.53 Å². The number of thiophene rings is 1. The Bertz CT molecular complexity index is 249. The molecule has 0 aromatic carbocycles. The number of rotatable bonds is 2. The summed E-state index contributed by atoms with van der Waals surface area (Å²) in [6, 6.07) is 3.95. The second-order valence-electron chi connectivity index (χ2n) is 2.74. The molecular formula is C8H8O2S. The Morgan fingerprint density at radius 3 is 2.82 bits per heavy atom. The van der Waals surface area contributed by atoms with Crippen LogP contribution in [0.3, 0.4) is 0 Å². The first kappa shape index (κ1) is 7.00. The van der Waals surface area contributed by atoms with Crippen molar-refractivity contribution in [2.24, 2.45) is 0 Å². The van der Waals surface area contributed by atoms with Crippen LogP contribution >= 0.6 is 11.3 Å². The summed E-state index contributed by atoms with van der Waals surface area (Å²) in [5.41, 5.74) is -0.297. The summed E-state index contributed by atoms with van der Waals surface area (Å²) in [6.07, 6.45) is 1.00. The molecule has 3 heteroatoms. The molecule has 2 heterocycles. The summed E-state index contributed by atoms with van der Waals surface area (Å²) in [7, 11) is 0. The van der Waals surface area contributed by atoms with Crippen LogP contribution in [0.25, 0.3) is 0 Å². The summed E-state index contributed by atoms with van der Waals surface area (Å²) < 4.78 is 5.03. The van der Waals surface area contributed by atoms with Crippen molar-refractivity contribution in [3.05, 3.63) is 22.4 Å². The van der Waals surface area contributed by atoms with E-state index in [1.54, 1.807) is 11.3 Å². The van der Waals surface area contributed by atoms with E-state index in [-0.39, 0.29) is 5.41 Å². The van der Waals surface area contributed by atoms with Gasteiger partial charge in [0.2, 0.25) is 0 Å². The minimum Gasteiger partial charge on any atom is -0.378 e. The molecule has 0 saturated carbocycles. The van der Waals surface area contributed by atoms with Crippen LogP contribution in [0.5, 0.6) is 0 Å². The number of carbonyl (C=O) groups is 1. The lowest BCUT2D eigenvalue weighted by Gasteiger charge is -2.35. The first-order chi connectivity index (χ1) is 5.37. The molecule has 0 amide bonds. The molecule has 0 spiro atoms. The Morgan fingerprint density at radius 2 is 2.45 bits per heavy atom. The fourth-order valence-electron chi connectivity index (χ4n) is 1.15. The van der Waals surface area contributed by atoms with E-state index < -0.39 is 0 Å². The summed E-state index contributed by atoms with van der Waals surface area (Å²) in [5, 5.41) is 1.99. The average Bonchev–Trinajstić information content (AvgIpc) is 2.39. The lowest BCUT2D eigenvalue weighted by molar-refractivity contribution is -0.129. The van der Waals surface area contributed by atoms with E-state index in [0.29, 0.717) is 13.2 Å². The molecule has 58 valence electrons. The Labute approximate surface area is 68.8 Å². The van der Waals surface area contributed by atoms with Crippen molar-refractivity contribution < 1.29 is 9.53 Å². The Kier molecular flexibility index (Phi) is 1.55. The second kappa shape index (κ2) is 2.43. The second-order valence-corrected chi connectivity index (χ2v) is 3.69. The zero-order valence-electron chi connectivity index (χ0n) is 5.95. The van der Waals surface area contributed by atoms with E-state index in [1.165, 1.54) is 0 Å². The maximum Gasteiger partial charge on any atom is 0.136 e. The minimum absolute atomic E-state index is 0.297. The Hall–Kier alpha value is -0.670. The molecule has 1 aliphatic heterocycles. The molecule has 0 bridgehead atoms. The summed E-state index contributed by atoms with van der Waals surface area (Å²) >= 11 is 1.62. The molecular weight excluding hydrogens is 160 g/mol. The third-order valence-electron chi connectivity index (χ3n) is 1.96. The van der Waals surface area contributed by atoms with Gasteiger partial charge in [-0.05, 0) is 11.4 Å². The molecule has 0 N–H and O–H groups in total. The standard InChI is InChI=1S/C8H8O2S/c9-4-8(5-10-6-8)7-2-1-3-11-7/h1-4H,5-6H2. The van der Waals surface area contributed by atoms with Crippen LogP contribution in [0, 0.1) is 0 Å². The van der Waals surface area contributed by atoms with Gasteiger partial charge in [-0.2, -0.15) is 0 Å². The monoisotopic (exact) mass is 168 g/mol. The smallest absolute Gasteiger partial charge is 0.136 e. The summed E-state index contributed by atoms with van der Waals surface area (Å²) in [4.78, 5) is 11.9. The van der Waals surface area contributed by atoms with Crippen LogP contribution in [-0.2, 0) is 14.9 Å². The highest BCUT2D eigenvalue weighted by atomic mass is 32.1. The summed E-state index contributed by atoms with van der Waals surface area (Å²) in [5.74, 6) is 0. The fourth-order valence-corrected chi connectivity index (χ4v) is 2.01. The number of carbonyl (C=O) groups excluding carboxylic acids is 1. The van der Waals surface area contributed by atoms with E-state index >= 15 is 0 Å². The highest BCUT2D eigenvalue weighted by Crippen LogP contribution is 2.32. The largest absolute Gasteiger partial charge is 0.378 e. The van der Waals surface area contributed by atoms with Crippen molar-refractivity contribution in [3.8, 4) is 0 Å². The van der Waals surface area contributed by atoms with Crippen molar-refractivity contribution >= 4 is 17.6 Å². The first-order valence-electron chi connectivity index (χ1n) is 3.45. The molecule has 1 aliphatic rings. The fraction of sp³-hybridized carbons (Fsp3) is 0.375. The maximum atomic E-state index is 10.7. The number of hydrogen-bond acceptors (Lipinski definition) is 3. The zero-order valence-corrected chi connectivity index (χ0v) is 6.76. The molecule has 0 atom stereocenters. The molecule has 11 heavy (non-hydrogen) atoms. The molecule has 2 nitrogen and oxygen atoms in total. The Morgan fingerprint density at radius 1 is 1.64 bits per heavy atom. The Balaban J connectivity index is 2.32. The van der Waals surface area contributed by atoms with E-state index in [9.17, 15) is 4.79 Å². The van der Waals surface area contributed by atoms with Crippen molar-refractivity contribution in [3.63, 3.8) is 0 Å². The van der Waals surface area contributed by atoms with Crippen LogP contribution in [0.1, 0.15) is 4.88 Å². The highest BCUT2D eigenvalue weighted by molar-refractivity contribution is 7.10. The van der Waals surface area contributed by atoms with Gasteiger partial charge in [0.05, 0.1) is 13.2 Å². The van der Waals surface area contributed by atoms with Crippen LogP contribution in [0.2, 0.25) is 0 Å². The van der Waals surface area contributed by atoms with E-state index in [1.807, 2.05) is 17.5 Å². The summed E-state index contributed by atoms with van der Waals surface area (Å²) in [6.45, 7) is 1.11. The molecule has 1 fully saturated rings. The van der Waals surface area contributed by atoms with Crippen LogP contribution in [-0.4, -0.2) is 19.5 Å². The average molecular weight is 168 g/mol. The SMILES string of the molecule is O=CC1(c2cccs2)COC1. The van der Waals surface area contributed by atoms with E-state index in [2.05, 4.69) is 0 Å². The normalized spacial score (nSPS) is 20.7. The number of aldehydes is 1. The maximum absolute atomic E-state index is 10.7. The molecule has 2 rings (SSSR count). The van der Waals surface area contributed by atoms with E-state index in [4.69, 9.17) is 4.74 Å². The quantitative estimate of drug-likeness (QED) is 0.620. The van der Waals surface area contributed by atoms with Gasteiger partial charge in [-0.25, -0.2) is 0 Å². The highest BCUT2D eigenvalue weighted by Gasteiger charge is 2.41. The van der Waals surface area contributed by atoms with Gasteiger partial charge >= 0.3 is 0 Å².